The zero-order valence-electron chi connectivity index (χ0n) is 6.31. The van der Waals surface area contributed by atoms with E-state index in [9.17, 15) is 0 Å². The zero-order valence-corrected chi connectivity index (χ0v) is 8.07. The first-order chi connectivity index (χ1) is 4.63. The predicted octanol–water partition coefficient (Wildman–Crippen LogP) is 1.16. The molecule has 0 radical (unpaired) electrons. The molecule has 10 heavy (non-hydrogen) atoms. The summed E-state index contributed by atoms with van der Waals surface area (Å²) in [4.78, 5) is 0. The second-order valence-electron chi connectivity index (χ2n) is 1.57. The highest BCUT2D eigenvalue weighted by Gasteiger charge is 2.41. The predicted molar refractivity (Wildman–Crippen MR) is 41.8 cm³/mol. The van der Waals surface area contributed by atoms with Crippen molar-refractivity contribution in [2.24, 2.45) is 0 Å². The van der Waals surface area contributed by atoms with Gasteiger partial charge in [-0.3, -0.25) is 0 Å². The third-order valence-electron chi connectivity index (χ3n) is 1.14. The van der Waals surface area contributed by atoms with E-state index in [1.165, 1.54) is 21.3 Å². The van der Waals surface area contributed by atoms with Crippen molar-refractivity contribution < 1.29 is 13.3 Å². The standard InChI is InChI=1S/C5H11ClO3Si/c1-5(6)10(7-2,8-3)9-4/h1H2,2-4H3. The fourth-order valence-electron chi connectivity index (χ4n) is 0.582. The van der Waals surface area contributed by atoms with E-state index in [4.69, 9.17) is 24.9 Å². The maximum atomic E-state index is 5.59. The van der Waals surface area contributed by atoms with Gasteiger partial charge < -0.3 is 13.3 Å². The lowest BCUT2D eigenvalue weighted by Gasteiger charge is -2.22. The molecule has 5 heteroatoms. The lowest BCUT2D eigenvalue weighted by Crippen LogP contribution is -2.43. The highest BCUT2D eigenvalue weighted by Crippen LogP contribution is 2.18. The minimum atomic E-state index is -2.72. The third-order valence-corrected chi connectivity index (χ3v) is 4.11. The number of hydrogen-bond acceptors (Lipinski definition) is 3. The van der Waals surface area contributed by atoms with Crippen LogP contribution in [0, 0.1) is 0 Å². The molecular formula is C5H11ClO3Si. The van der Waals surface area contributed by atoms with Gasteiger partial charge in [-0.2, -0.15) is 0 Å². The van der Waals surface area contributed by atoms with Crippen LogP contribution in [0.2, 0.25) is 0 Å². The van der Waals surface area contributed by atoms with Gasteiger partial charge in [0.1, 0.15) is 0 Å². The molecule has 0 fully saturated rings. The SMILES string of the molecule is C=C(Cl)[Si](OC)(OC)OC. The van der Waals surface area contributed by atoms with Crippen molar-refractivity contribution in [1.29, 1.82) is 0 Å². The van der Waals surface area contributed by atoms with Gasteiger partial charge in [-0.1, -0.05) is 18.2 Å². The summed E-state index contributed by atoms with van der Waals surface area (Å²) in [5.41, 5.74) is 0. The van der Waals surface area contributed by atoms with E-state index in [-0.39, 0.29) is 0 Å². The van der Waals surface area contributed by atoms with Gasteiger partial charge in [0, 0.05) is 21.3 Å². The molecule has 0 aliphatic rings. The van der Waals surface area contributed by atoms with Crippen LogP contribution in [-0.4, -0.2) is 30.1 Å². The number of hydrogen-bond donors (Lipinski definition) is 0. The van der Waals surface area contributed by atoms with Crippen LogP contribution in [0.1, 0.15) is 0 Å². The summed E-state index contributed by atoms with van der Waals surface area (Å²) in [5, 5.41) is 0. The molecule has 60 valence electrons. The minimum Gasteiger partial charge on any atom is -0.373 e. The Balaban J connectivity index is 4.31. The Morgan fingerprint density at radius 3 is 1.50 bits per heavy atom. The van der Waals surface area contributed by atoms with Crippen molar-refractivity contribution in [2.75, 3.05) is 21.3 Å². The lowest BCUT2D eigenvalue weighted by molar-refractivity contribution is 0.137. The van der Waals surface area contributed by atoms with Crippen LogP contribution >= 0.6 is 11.6 Å². The van der Waals surface area contributed by atoms with Crippen LogP contribution < -0.4 is 0 Å². The van der Waals surface area contributed by atoms with Gasteiger partial charge in [-0.15, -0.1) is 0 Å². The molecule has 0 aliphatic carbocycles. The summed E-state index contributed by atoms with van der Waals surface area (Å²) in [7, 11) is 1.71. The van der Waals surface area contributed by atoms with Crippen molar-refractivity contribution in [3.63, 3.8) is 0 Å². The van der Waals surface area contributed by atoms with Crippen molar-refractivity contribution in [3.8, 4) is 0 Å². The molecule has 0 unspecified atom stereocenters. The molecule has 0 bridgehead atoms. The number of rotatable bonds is 4. The van der Waals surface area contributed by atoms with Crippen LogP contribution in [0.3, 0.4) is 0 Å². The van der Waals surface area contributed by atoms with E-state index in [1.807, 2.05) is 0 Å². The van der Waals surface area contributed by atoms with E-state index in [0.717, 1.165) is 0 Å². The van der Waals surface area contributed by atoms with Crippen LogP contribution in [0.4, 0.5) is 0 Å². The number of halogens is 1. The normalized spacial score (nSPS) is 11.6. The Hall–Kier alpha value is 0.127. The van der Waals surface area contributed by atoms with Gasteiger partial charge in [0.05, 0.1) is 4.66 Å². The van der Waals surface area contributed by atoms with Crippen LogP contribution in [0.15, 0.2) is 11.2 Å². The van der Waals surface area contributed by atoms with E-state index in [2.05, 4.69) is 6.58 Å². The molecule has 0 heterocycles. The van der Waals surface area contributed by atoms with Gasteiger partial charge in [-0.05, 0) is 0 Å². The minimum absolute atomic E-state index is 0.292. The maximum absolute atomic E-state index is 5.59. The molecule has 0 atom stereocenters. The molecule has 0 aromatic heterocycles. The summed E-state index contributed by atoms with van der Waals surface area (Å²) < 4.78 is 15.2. The molecule has 0 spiro atoms. The van der Waals surface area contributed by atoms with Crippen molar-refractivity contribution >= 4 is 20.4 Å². The monoisotopic (exact) mass is 182 g/mol. The Labute approximate surface area is 66.9 Å². The molecule has 0 rings (SSSR count). The molecule has 0 saturated heterocycles. The molecule has 3 nitrogen and oxygen atoms in total. The van der Waals surface area contributed by atoms with Crippen LogP contribution in [0.25, 0.3) is 0 Å². The largest absolute Gasteiger partial charge is 0.547 e. The summed E-state index contributed by atoms with van der Waals surface area (Å²) in [5.74, 6) is 0. The van der Waals surface area contributed by atoms with Gasteiger partial charge in [0.15, 0.2) is 0 Å². The molecule has 0 aliphatic heterocycles. The molecule has 0 saturated carbocycles. The van der Waals surface area contributed by atoms with Crippen LogP contribution in [0.5, 0.6) is 0 Å². The first-order valence-electron chi connectivity index (χ1n) is 2.63. The van der Waals surface area contributed by atoms with Crippen molar-refractivity contribution in [1.82, 2.24) is 0 Å². The van der Waals surface area contributed by atoms with E-state index < -0.39 is 8.80 Å². The quantitative estimate of drug-likeness (QED) is 0.611. The summed E-state index contributed by atoms with van der Waals surface area (Å²) in [6.45, 7) is 3.49. The van der Waals surface area contributed by atoms with E-state index in [1.54, 1.807) is 0 Å². The summed E-state index contributed by atoms with van der Waals surface area (Å²) in [6, 6.07) is 0. The Kier molecular flexibility index (Phi) is 4.15. The second kappa shape index (κ2) is 4.10. The highest BCUT2D eigenvalue weighted by atomic mass is 35.5. The molecule has 0 amide bonds. The average molecular weight is 183 g/mol. The fourth-order valence-corrected chi connectivity index (χ4v) is 2.44. The molecule has 0 aromatic carbocycles. The van der Waals surface area contributed by atoms with Gasteiger partial charge >= 0.3 is 8.80 Å². The van der Waals surface area contributed by atoms with E-state index >= 15 is 0 Å². The molecule has 0 aromatic rings. The second-order valence-corrected chi connectivity index (χ2v) is 5.29. The maximum Gasteiger partial charge on any atom is 0.547 e. The third kappa shape index (κ3) is 1.80. The lowest BCUT2D eigenvalue weighted by atomic mass is 11.3. The zero-order chi connectivity index (χ0) is 8.20. The average Bonchev–Trinajstić information content (AvgIpc) is 1.92. The highest BCUT2D eigenvalue weighted by molar-refractivity contribution is 6.79. The summed E-state index contributed by atoms with van der Waals surface area (Å²) in [6.07, 6.45) is 0. The topological polar surface area (TPSA) is 27.7 Å². The molecule has 0 N–H and O–H groups in total. The van der Waals surface area contributed by atoms with Crippen molar-refractivity contribution in [3.05, 3.63) is 11.2 Å². The smallest absolute Gasteiger partial charge is 0.373 e. The van der Waals surface area contributed by atoms with Gasteiger partial charge in [0.2, 0.25) is 0 Å². The summed E-state index contributed by atoms with van der Waals surface area (Å²) >= 11 is 5.59. The van der Waals surface area contributed by atoms with Gasteiger partial charge in [0.25, 0.3) is 0 Å². The van der Waals surface area contributed by atoms with Gasteiger partial charge in [-0.25, -0.2) is 0 Å². The Bertz CT molecular complexity index is 116. The van der Waals surface area contributed by atoms with Crippen molar-refractivity contribution in [2.45, 2.75) is 0 Å². The van der Waals surface area contributed by atoms with Crippen LogP contribution in [-0.2, 0) is 13.3 Å². The fraction of sp³-hybridized carbons (Fsp3) is 0.600. The molecular weight excluding hydrogens is 172 g/mol. The van der Waals surface area contributed by atoms with E-state index in [0.29, 0.717) is 4.66 Å². The Morgan fingerprint density at radius 2 is 1.50 bits per heavy atom. The Morgan fingerprint density at radius 1 is 1.20 bits per heavy atom. The first-order valence-corrected chi connectivity index (χ1v) is 4.73. The first kappa shape index (κ1) is 10.1.